The van der Waals surface area contributed by atoms with E-state index in [1.165, 1.54) is 28.0 Å². The fourth-order valence-electron chi connectivity index (χ4n) is 4.41. The van der Waals surface area contributed by atoms with E-state index >= 15 is 0 Å². The van der Waals surface area contributed by atoms with Crippen molar-refractivity contribution in [3.63, 3.8) is 0 Å². The first-order chi connectivity index (χ1) is 18.8. The van der Waals surface area contributed by atoms with E-state index in [1.54, 1.807) is 32.2 Å². The smallest absolute Gasteiger partial charge is 0.338 e. The molecule has 4 aromatic rings. The van der Waals surface area contributed by atoms with Gasteiger partial charge in [-0.1, -0.05) is 53.8 Å². The molecule has 0 spiro atoms. The molecular weight excluding hydrogens is 651 g/mol. The molecule has 198 valence electrons. The van der Waals surface area contributed by atoms with E-state index in [0.29, 0.717) is 31.9 Å². The molecule has 0 bridgehead atoms. The van der Waals surface area contributed by atoms with E-state index in [2.05, 4.69) is 31.9 Å². The van der Waals surface area contributed by atoms with Crippen molar-refractivity contribution >= 4 is 60.9 Å². The summed E-state index contributed by atoms with van der Waals surface area (Å²) < 4.78 is 28.1. The van der Waals surface area contributed by atoms with Crippen molar-refractivity contribution in [2.45, 2.75) is 13.0 Å². The number of hydrogen-bond acceptors (Lipinski definition) is 6. The van der Waals surface area contributed by atoms with Crippen LogP contribution in [0.1, 0.15) is 29.7 Å². The number of esters is 1. The number of nitrogens with zero attached hydrogens (tertiary/aromatic N) is 2. The summed E-state index contributed by atoms with van der Waals surface area (Å²) in [4.78, 5) is 32.6. The number of carbonyl (C=O) groups is 1. The highest BCUT2D eigenvalue weighted by Gasteiger charge is 2.35. The largest absolute Gasteiger partial charge is 0.494 e. The Hall–Kier alpha value is -3.34. The Balaban J connectivity index is 1.81. The summed E-state index contributed by atoms with van der Waals surface area (Å²) in [7, 11) is 1.57. The van der Waals surface area contributed by atoms with Gasteiger partial charge in [-0.2, -0.15) is 0 Å². The number of carbonyl (C=O) groups excluding carboxylic acids is 1. The van der Waals surface area contributed by atoms with Crippen LogP contribution in [0, 0.1) is 5.82 Å². The summed E-state index contributed by atoms with van der Waals surface area (Å²) in [6.07, 6.45) is 1.76. The van der Waals surface area contributed by atoms with Crippen molar-refractivity contribution in [3.8, 4) is 5.75 Å². The topological polar surface area (TPSA) is 69.9 Å². The van der Waals surface area contributed by atoms with Crippen LogP contribution < -0.4 is 19.6 Å². The molecule has 2 heterocycles. The van der Waals surface area contributed by atoms with Gasteiger partial charge in [0, 0.05) is 5.56 Å². The minimum atomic E-state index is -0.868. The first-order valence-corrected chi connectivity index (χ1v) is 14.3. The molecule has 3 aromatic carbocycles. The lowest BCUT2D eigenvalue weighted by Gasteiger charge is -2.25. The van der Waals surface area contributed by atoms with E-state index < -0.39 is 17.8 Å². The van der Waals surface area contributed by atoms with E-state index in [4.69, 9.17) is 14.5 Å². The molecule has 0 amide bonds. The monoisotopic (exact) mass is 670 g/mol. The van der Waals surface area contributed by atoms with Crippen molar-refractivity contribution in [1.29, 1.82) is 0 Å². The van der Waals surface area contributed by atoms with Crippen molar-refractivity contribution in [3.05, 3.63) is 123 Å². The average molecular weight is 672 g/mol. The standard InChI is InChI=1S/C29H21Br2FN2O4S/c1-3-38-28(36)23-24(17-7-5-4-6-8-17)33-29-34(25(23)18-9-11-19(32)12-10-18)27(35)22(39-29)15-16-13-20(30)26(37-2)21(31)14-16/h4-15,25H,3H2,1-2H3/b22-15-/t25-/m1/s1. The van der Waals surface area contributed by atoms with Gasteiger partial charge in [-0.25, -0.2) is 14.2 Å². The molecule has 0 saturated heterocycles. The molecule has 10 heteroatoms. The number of halogens is 3. The van der Waals surface area contributed by atoms with Gasteiger partial charge in [-0.3, -0.25) is 9.36 Å². The summed E-state index contributed by atoms with van der Waals surface area (Å²) in [5, 5.41) is 0. The highest BCUT2D eigenvalue weighted by molar-refractivity contribution is 9.11. The zero-order valence-electron chi connectivity index (χ0n) is 20.8. The van der Waals surface area contributed by atoms with E-state index in [0.717, 1.165) is 14.5 Å². The molecule has 0 aliphatic carbocycles. The van der Waals surface area contributed by atoms with Crippen LogP contribution in [0.25, 0.3) is 11.8 Å². The maximum absolute atomic E-state index is 13.9. The second-order valence-electron chi connectivity index (χ2n) is 8.50. The molecule has 0 fully saturated rings. The molecule has 5 rings (SSSR count). The minimum absolute atomic E-state index is 0.145. The van der Waals surface area contributed by atoms with Crippen LogP contribution in [-0.4, -0.2) is 24.3 Å². The Labute approximate surface area is 244 Å². The third kappa shape index (κ3) is 5.28. The van der Waals surface area contributed by atoms with Gasteiger partial charge in [-0.15, -0.1) is 0 Å². The predicted octanol–water partition coefficient (Wildman–Crippen LogP) is 5.61. The van der Waals surface area contributed by atoms with Gasteiger partial charge in [0.2, 0.25) is 0 Å². The fourth-order valence-corrected chi connectivity index (χ4v) is 6.96. The second kappa shape index (κ2) is 11.4. The number of ether oxygens (including phenoxy) is 2. The molecule has 6 nitrogen and oxygen atoms in total. The lowest BCUT2D eigenvalue weighted by atomic mass is 9.93. The lowest BCUT2D eigenvalue weighted by molar-refractivity contribution is -0.138. The Morgan fingerprint density at radius 2 is 1.77 bits per heavy atom. The number of aromatic nitrogens is 1. The van der Waals surface area contributed by atoms with Gasteiger partial charge in [0.15, 0.2) is 4.80 Å². The number of fused-ring (bicyclic) bond motifs is 1. The molecule has 0 unspecified atom stereocenters. The summed E-state index contributed by atoms with van der Waals surface area (Å²) in [5.41, 5.74) is 2.31. The number of benzene rings is 3. The maximum atomic E-state index is 13.9. The zero-order valence-corrected chi connectivity index (χ0v) is 24.8. The quantitative estimate of drug-likeness (QED) is 0.250. The molecule has 1 aliphatic heterocycles. The Kier molecular flexibility index (Phi) is 7.97. The molecule has 39 heavy (non-hydrogen) atoms. The third-order valence-electron chi connectivity index (χ3n) is 6.08. The molecule has 1 aliphatic rings. The van der Waals surface area contributed by atoms with Gasteiger partial charge in [-0.05, 0) is 80.3 Å². The Morgan fingerprint density at radius 3 is 2.38 bits per heavy atom. The Morgan fingerprint density at radius 1 is 1.10 bits per heavy atom. The molecule has 0 radical (unpaired) electrons. The second-order valence-corrected chi connectivity index (χ2v) is 11.2. The van der Waals surface area contributed by atoms with Gasteiger partial charge < -0.3 is 9.47 Å². The molecule has 0 N–H and O–H groups in total. The predicted molar refractivity (Wildman–Crippen MR) is 156 cm³/mol. The molecular formula is C29H21Br2FN2O4S. The first-order valence-electron chi connectivity index (χ1n) is 11.9. The number of hydrogen-bond donors (Lipinski definition) is 0. The summed E-state index contributed by atoms with van der Waals surface area (Å²) >= 11 is 8.22. The van der Waals surface area contributed by atoms with Crippen LogP contribution in [0.4, 0.5) is 4.39 Å². The van der Waals surface area contributed by atoms with E-state index in [1.807, 2.05) is 42.5 Å². The van der Waals surface area contributed by atoms with Crippen LogP contribution in [0.15, 0.2) is 91.0 Å². The van der Waals surface area contributed by atoms with Gasteiger partial charge >= 0.3 is 5.97 Å². The number of thiazole rings is 1. The van der Waals surface area contributed by atoms with Crippen molar-refractivity contribution < 1.29 is 18.7 Å². The van der Waals surface area contributed by atoms with Crippen molar-refractivity contribution in [1.82, 2.24) is 4.57 Å². The SMILES string of the molecule is CCOC(=O)C1=C(c2ccccc2)N=c2s/c(=C\c3cc(Br)c(OC)c(Br)c3)c(=O)n2[C@@H]1c1ccc(F)cc1. The van der Waals surface area contributed by atoms with Crippen LogP contribution in [0.5, 0.6) is 5.75 Å². The average Bonchev–Trinajstić information content (AvgIpc) is 3.23. The highest BCUT2D eigenvalue weighted by atomic mass is 79.9. The van der Waals surface area contributed by atoms with Crippen LogP contribution in [0.3, 0.4) is 0 Å². The Bertz CT molecular complexity index is 1760. The van der Waals surface area contributed by atoms with E-state index in [-0.39, 0.29) is 17.7 Å². The number of rotatable bonds is 6. The van der Waals surface area contributed by atoms with Crippen LogP contribution >= 0.6 is 43.2 Å². The fraction of sp³-hybridized carbons (Fsp3) is 0.138. The van der Waals surface area contributed by atoms with Gasteiger partial charge in [0.1, 0.15) is 11.6 Å². The molecule has 1 atom stereocenters. The normalized spacial score (nSPS) is 15.1. The number of methoxy groups -OCH3 is 1. The van der Waals surface area contributed by atoms with Crippen molar-refractivity contribution in [2.24, 2.45) is 4.99 Å². The summed E-state index contributed by atoms with van der Waals surface area (Å²) in [6.45, 7) is 1.86. The van der Waals surface area contributed by atoms with Crippen molar-refractivity contribution in [2.75, 3.05) is 13.7 Å². The lowest BCUT2D eigenvalue weighted by Crippen LogP contribution is -2.40. The minimum Gasteiger partial charge on any atom is -0.494 e. The highest BCUT2D eigenvalue weighted by Crippen LogP contribution is 2.36. The third-order valence-corrected chi connectivity index (χ3v) is 8.24. The van der Waals surface area contributed by atoms with Gasteiger partial charge in [0.05, 0.1) is 44.5 Å². The first kappa shape index (κ1) is 27.2. The summed E-state index contributed by atoms with van der Waals surface area (Å²) in [6, 6.07) is 17.8. The molecule has 0 saturated carbocycles. The van der Waals surface area contributed by atoms with Crippen LogP contribution in [0.2, 0.25) is 0 Å². The molecule has 1 aromatic heterocycles. The zero-order chi connectivity index (χ0) is 27.7. The van der Waals surface area contributed by atoms with E-state index in [9.17, 15) is 14.0 Å². The van der Waals surface area contributed by atoms with Gasteiger partial charge in [0.25, 0.3) is 5.56 Å². The van der Waals surface area contributed by atoms with Crippen LogP contribution in [-0.2, 0) is 9.53 Å². The maximum Gasteiger partial charge on any atom is 0.338 e. The summed E-state index contributed by atoms with van der Waals surface area (Å²) in [5.74, 6) is -0.380.